The minimum absolute atomic E-state index is 0.0284. The summed E-state index contributed by atoms with van der Waals surface area (Å²) in [6.07, 6.45) is 4.20. The number of para-hydroxylation sites is 1. The number of benzene rings is 2. The van der Waals surface area contributed by atoms with Crippen molar-refractivity contribution in [1.82, 2.24) is 5.32 Å². The molecule has 1 aliphatic rings. The lowest BCUT2D eigenvalue weighted by Gasteiger charge is -2.25. The first-order valence-electron chi connectivity index (χ1n) is 9.24. The van der Waals surface area contributed by atoms with Crippen LogP contribution in [0.1, 0.15) is 36.7 Å². The number of nitrogens with one attached hydrogen (secondary N) is 1. The van der Waals surface area contributed by atoms with E-state index in [4.69, 9.17) is 5.26 Å². The van der Waals surface area contributed by atoms with E-state index in [1.807, 2.05) is 12.1 Å². The van der Waals surface area contributed by atoms with Crippen molar-refractivity contribution in [1.29, 1.82) is 5.26 Å². The van der Waals surface area contributed by atoms with Crippen LogP contribution in [-0.2, 0) is 0 Å². The molecule has 2 aromatic carbocycles. The molecule has 1 heterocycles. The molecular formula is C23H23N3O2S. The first-order valence-corrected chi connectivity index (χ1v) is 10.1. The van der Waals surface area contributed by atoms with Crippen molar-refractivity contribution in [2.24, 2.45) is 5.41 Å². The summed E-state index contributed by atoms with van der Waals surface area (Å²) in [4.78, 5) is 15.7. The van der Waals surface area contributed by atoms with E-state index in [0.717, 1.165) is 15.6 Å². The van der Waals surface area contributed by atoms with Gasteiger partial charge in [0.1, 0.15) is 5.75 Å². The highest BCUT2D eigenvalue weighted by Crippen LogP contribution is 2.41. The Labute approximate surface area is 175 Å². The number of nitriles is 1. The topological polar surface area (TPSA) is 76.4 Å². The van der Waals surface area contributed by atoms with Crippen molar-refractivity contribution in [3.8, 4) is 11.8 Å². The summed E-state index contributed by atoms with van der Waals surface area (Å²) in [6.45, 7) is 6.58. The minimum Gasteiger partial charge on any atom is -0.507 e. The minimum atomic E-state index is -0.314. The molecule has 148 valence electrons. The Bertz CT molecular complexity index is 1020. The fraction of sp³-hybridized carbons (Fsp3) is 0.217. The fourth-order valence-corrected chi connectivity index (χ4v) is 4.06. The van der Waals surface area contributed by atoms with E-state index in [1.54, 1.807) is 42.1 Å². The average molecular weight is 406 g/mol. The standard InChI is InChI=1S/C23H23N3O2S/c1-16-14-26(18-10-8-17(13-24)9-11-18)21(29-16)12-23(2,3)15-25-22(28)19-6-4-5-7-20(19)27/h4-12,14,27H,15H2,1-3H3,(H,25,28). The Morgan fingerprint density at radius 3 is 2.59 bits per heavy atom. The van der Waals surface area contributed by atoms with Gasteiger partial charge in [0.15, 0.2) is 0 Å². The molecule has 2 aromatic rings. The van der Waals surface area contributed by atoms with Crippen molar-refractivity contribution in [2.75, 3.05) is 11.4 Å². The molecule has 5 nitrogen and oxygen atoms in total. The van der Waals surface area contributed by atoms with Crippen molar-refractivity contribution >= 4 is 23.4 Å². The smallest absolute Gasteiger partial charge is 0.255 e. The number of aromatic hydroxyl groups is 1. The van der Waals surface area contributed by atoms with Gasteiger partial charge in [0.25, 0.3) is 5.91 Å². The highest BCUT2D eigenvalue weighted by atomic mass is 32.2. The second kappa shape index (κ2) is 8.46. The summed E-state index contributed by atoms with van der Waals surface area (Å²) >= 11 is 1.67. The Morgan fingerprint density at radius 1 is 1.24 bits per heavy atom. The van der Waals surface area contributed by atoms with E-state index >= 15 is 0 Å². The molecule has 0 spiro atoms. The molecule has 2 N–H and O–H groups in total. The highest BCUT2D eigenvalue weighted by Gasteiger charge is 2.24. The zero-order valence-corrected chi connectivity index (χ0v) is 17.5. The number of hydrogen-bond acceptors (Lipinski definition) is 5. The van der Waals surface area contributed by atoms with Crippen LogP contribution in [0.15, 0.2) is 70.7 Å². The third kappa shape index (κ3) is 5.01. The predicted octanol–water partition coefficient (Wildman–Crippen LogP) is 4.98. The molecule has 3 rings (SSSR count). The first-order chi connectivity index (χ1) is 13.8. The molecule has 0 aromatic heterocycles. The van der Waals surface area contributed by atoms with Crippen LogP contribution < -0.4 is 10.2 Å². The SMILES string of the molecule is CC1=CN(c2ccc(C#N)cc2)C(=CC(C)(C)CNC(=O)c2ccccc2O)S1. The Morgan fingerprint density at radius 2 is 1.93 bits per heavy atom. The summed E-state index contributed by atoms with van der Waals surface area (Å²) in [5.41, 5.74) is 1.56. The van der Waals surface area contributed by atoms with Crippen LogP contribution in [0.3, 0.4) is 0 Å². The highest BCUT2D eigenvalue weighted by molar-refractivity contribution is 8.07. The number of nitrogens with zero attached hydrogens (tertiary/aromatic N) is 2. The van der Waals surface area contributed by atoms with Crippen molar-refractivity contribution in [3.05, 3.63) is 81.9 Å². The molecule has 29 heavy (non-hydrogen) atoms. The van der Waals surface area contributed by atoms with Gasteiger partial charge in [-0.25, -0.2) is 0 Å². The maximum absolute atomic E-state index is 12.4. The molecule has 0 atom stereocenters. The number of allylic oxidation sites excluding steroid dienone is 1. The number of phenolic OH excluding ortho intramolecular Hbond substituents is 1. The van der Waals surface area contributed by atoms with Gasteiger partial charge < -0.3 is 15.3 Å². The van der Waals surface area contributed by atoms with E-state index in [1.165, 1.54) is 6.07 Å². The zero-order chi connectivity index (χ0) is 21.0. The molecule has 6 heteroatoms. The van der Waals surface area contributed by atoms with Gasteiger partial charge in [-0.2, -0.15) is 5.26 Å². The Kier molecular flexibility index (Phi) is 6.00. The first kappa shape index (κ1) is 20.6. The largest absolute Gasteiger partial charge is 0.507 e. The van der Waals surface area contributed by atoms with Gasteiger partial charge >= 0.3 is 0 Å². The summed E-state index contributed by atoms with van der Waals surface area (Å²) in [6, 6.07) is 16.1. The lowest BCUT2D eigenvalue weighted by atomic mass is 9.93. The van der Waals surface area contributed by atoms with E-state index in [9.17, 15) is 9.90 Å². The molecule has 1 aliphatic heterocycles. The maximum atomic E-state index is 12.4. The fourth-order valence-electron chi connectivity index (χ4n) is 2.94. The third-order valence-electron chi connectivity index (χ3n) is 4.46. The number of rotatable bonds is 5. The number of carbonyl (C=O) groups is 1. The Hall–Kier alpha value is -3.17. The number of hydrogen-bond donors (Lipinski definition) is 2. The molecule has 0 saturated carbocycles. The quantitative estimate of drug-likeness (QED) is 0.734. The molecule has 0 radical (unpaired) electrons. The van der Waals surface area contributed by atoms with Gasteiger partial charge in [0.05, 0.1) is 22.2 Å². The molecular weight excluding hydrogens is 382 g/mol. The third-order valence-corrected chi connectivity index (χ3v) is 5.41. The van der Waals surface area contributed by atoms with Crippen molar-refractivity contribution in [2.45, 2.75) is 20.8 Å². The van der Waals surface area contributed by atoms with Crippen LogP contribution >= 0.6 is 11.8 Å². The van der Waals surface area contributed by atoms with Gasteiger partial charge in [0.2, 0.25) is 0 Å². The van der Waals surface area contributed by atoms with E-state index in [-0.39, 0.29) is 22.6 Å². The second-order valence-corrected chi connectivity index (χ2v) is 8.81. The molecule has 0 unspecified atom stereocenters. The summed E-state index contributed by atoms with van der Waals surface area (Å²) in [7, 11) is 0. The Balaban J connectivity index is 1.75. The van der Waals surface area contributed by atoms with Crippen LogP contribution in [0.5, 0.6) is 5.75 Å². The molecule has 1 amide bonds. The van der Waals surface area contributed by atoms with Crippen LogP contribution in [0.4, 0.5) is 5.69 Å². The van der Waals surface area contributed by atoms with E-state index < -0.39 is 0 Å². The van der Waals surface area contributed by atoms with Crippen LogP contribution in [0.2, 0.25) is 0 Å². The average Bonchev–Trinajstić information content (AvgIpc) is 3.06. The number of thioether (sulfide) groups is 1. The number of carbonyl (C=O) groups excluding carboxylic acids is 1. The predicted molar refractivity (Wildman–Crippen MR) is 117 cm³/mol. The van der Waals surface area contributed by atoms with Gasteiger partial charge in [0, 0.05) is 28.8 Å². The van der Waals surface area contributed by atoms with Gasteiger partial charge in [-0.1, -0.05) is 37.7 Å². The monoisotopic (exact) mass is 405 g/mol. The zero-order valence-electron chi connectivity index (χ0n) is 16.6. The van der Waals surface area contributed by atoms with Crippen LogP contribution in [0.25, 0.3) is 0 Å². The van der Waals surface area contributed by atoms with Crippen LogP contribution in [0, 0.1) is 16.7 Å². The number of amides is 1. The maximum Gasteiger partial charge on any atom is 0.255 e. The van der Waals surface area contributed by atoms with E-state index in [0.29, 0.717) is 12.1 Å². The molecule has 0 fully saturated rings. The lowest BCUT2D eigenvalue weighted by Crippen LogP contribution is -2.33. The summed E-state index contributed by atoms with van der Waals surface area (Å²) in [5, 5.41) is 22.8. The number of phenols is 1. The lowest BCUT2D eigenvalue weighted by molar-refractivity contribution is 0.0940. The summed E-state index contributed by atoms with van der Waals surface area (Å²) < 4.78 is 0. The van der Waals surface area contributed by atoms with Gasteiger partial charge in [-0.3, -0.25) is 4.79 Å². The summed E-state index contributed by atoms with van der Waals surface area (Å²) in [5.74, 6) is -0.328. The number of anilines is 1. The normalized spacial score (nSPS) is 15.2. The van der Waals surface area contributed by atoms with Crippen molar-refractivity contribution in [3.63, 3.8) is 0 Å². The molecule has 0 aliphatic carbocycles. The van der Waals surface area contributed by atoms with Gasteiger partial charge in [-0.15, -0.1) is 0 Å². The van der Waals surface area contributed by atoms with Crippen LogP contribution in [-0.4, -0.2) is 17.6 Å². The van der Waals surface area contributed by atoms with E-state index in [2.05, 4.69) is 49.3 Å². The molecule has 0 saturated heterocycles. The second-order valence-electron chi connectivity index (χ2n) is 7.54. The van der Waals surface area contributed by atoms with Gasteiger partial charge in [-0.05, 0) is 49.4 Å². The van der Waals surface area contributed by atoms with Crippen molar-refractivity contribution < 1.29 is 9.90 Å². The molecule has 0 bridgehead atoms.